The van der Waals surface area contributed by atoms with E-state index in [2.05, 4.69) is 29.4 Å². The van der Waals surface area contributed by atoms with Crippen LogP contribution in [0.15, 0.2) is 42.5 Å². The van der Waals surface area contributed by atoms with Gasteiger partial charge in [0.2, 0.25) is 5.91 Å². The first-order valence-electron chi connectivity index (χ1n) is 8.32. The van der Waals surface area contributed by atoms with Crippen LogP contribution in [0.5, 0.6) is 0 Å². The van der Waals surface area contributed by atoms with Crippen molar-refractivity contribution in [2.75, 3.05) is 29.9 Å². The Bertz CT molecular complexity index is 775. The average molecular weight is 361 g/mol. The van der Waals surface area contributed by atoms with Gasteiger partial charge in [-0.3, -0.25) is 9.59 Å². The van der Waals surface area contributed by atoms with Gasteiger partial charge in [-0.15, -0.1) is 0 Å². The lowest BCUT2D eigenvalue weighted by molar-refractivity contribution is -0.115. The van der Waals surface area contributed by atoms with Crippen LogP contribution in [0.3, 0.4) is 0 Å². The zero-order valence-corrected chi connectivity index (χ0v) is 14.7. The minimum atomic E-state index is -0.977. The van der Waals surface area contributed by atoms with E-state index in [-0.39, 0.29) is 12.1 Å². The van der Waals surface area contributed by atoms with Crippen molar-refractivity contribution in [3.05, 3.63) is 59.7 Å². The second-order valence-electron chi connectivity index (χ2n) is 5.57. The number of rotatable bonds is 7. The normalized spacial score (nSPS) is 10.3. The number of carbonyl (C=O) groups is 2. The van der Waals surface area contributed by atoms with Gasteiger partial charge in [-0.25, -0.2) is 8.78 Å². The molecule has 0 aliphatic rings. The average Bonchev–Trinajstić information content (AvgIpc) is 2.62. The summed E-state index contributed by atoms with van der Waals surface area (Å²) in [5.74, 6) is -2.98. The molecule has 26 heavy (non-hydrogen) atoms. The van der Waals surface area contributed by atoms with Crippen molar-refractivity contribution in [1.29, 1.82) is 0 Å². The molecule has 0 unspecified atom stereocenters. The maximum atomic E-state index is 13.5. The number of nitrogens with zero attached hydrogens (tertiary/aromatic N) is 1. The highest BCUT2D eigenvalue weighted by atomic mass is 19.1. The minimum absolute atomic E-state index is 0.317. The molecule has 2 aromatic rings. The molecule has 7 heteroatoms. The molecule has 2 amide bonds. The third-order valence-corrected chi connectivity index (χ3v) is 3.86. The number of benzene rings is 2. The fraction of sp³-hybridized carbons (Fsp3) is 0.263. The van der Waals surface area contributed by atoms with Crippen molar-refractivity contribution in [1.82, 2.24) is 5.32 Å². The molecule has 0 aliphatic carbocycles. The van der Waals surface area contributed by atoms with Crippen LogP contribution in [-0.4, -0.2) is 31.4 Å². The van der Waals surface area contributed by atoms with Crippen molar-refractivity contribution in [3.63, 3.8) is 0 Å². The van der Waals surface area contributed by atoms with Crippen LogP contribution in [0.1, 0.15) is 24.2 Å². The highest BCUT2D eigenvalue weighted by Gasteiger charge is 2.13. The molecule has 0 fully saturated rings. The predicted molar refractivity (Wildman–Crippen MR) is 97.3 cm³/mol. The van der Waals surface area contributed by atoms with Crippen molar-refractivity contribution in [2.24, 2.45) is 0 Å². The summed E-state index contributed by atoms with van der Waals surface area (Å²) in [7, 11) is 0. The van der Waals surface area contributed by atoms with E-state index in [1.165, 1.54) is 0 Å². The number of anilines is 2. The summed E-state index contributed by atoms with van der Waals surface area (Å²) in [4.78, 5) is 26.0. The Kier molecular flexibility index (Phi) is 6.66. The molecule has 5 nitrogen and oxygen atoms in total. The fourth-order valence-electron chi connectivity index (χ4n) is 2.48. The van der Waals surface area contributed by atoms with Gasteiger partial charge in [0.25, 0.3) is 5.91 Å². The molecule has 0 aliphatic heterocycles. The molecule has 0 radical (unpaired) electrons. The van der Waals surface area contributed by atoms with Gasteiger partial charge in [-0.2, -0.15) is 0 Å². The smallest absolute Gasteiger partial charge is 0.254 e. The van der Waals surface area contributed by atoms with E-state index < -0.39 is 23.4 Å². The molecule has 2 rings (SSSR count). The lowest BCUT2D eigenvalue weighted by Gasteiger charge is -2.21. The van der Waals surface area contributed by atoms with Crippen molar-refractivity contribution < 1.29 is 18.4 Å². The van der Waals surface area contributed by atoms with Gasteiger partial charge in [0.1, 0.15) is 11.6 Å². The highest BCUT2D eigenvalue weighted by molar-refractivity contribution is 5.99. The van der Waals surface area contributed by atoms with E-state index in [4.69, 9.17) is 0 Å². The van der Waals surface area contributed by atoms with Crippen LogP contribution in [0.25, 0.3) is 0 Å². The molecule has 138 valence electrons. The SMILES string of the molecule is CCN(CC)c1ccc(NC(=O)CNC(=O)c2ccc(F)cc2F)cc1. The predicted octanol–water partition coefficient (Wildman–Crippen LogP) is 3.18. The van der Waals surface area contributed by atoms with Gasteiger partial charge in [-0.1, -0.05) is 0 Å². The molecule has 0 aromatic heterocycles. The number of amides is 2. The third-order valence-electron chi connectivity index (χ3n) is 3.86. The Morgan fingerprint density at radius 3 is 2.23 bits per heavy atom. The van der Waals surface area contributed by atoms with Crippen LogP contribution in [-0.2, 0) is 4.79 Å². The van der Waals surface area contributed by atoms with Gasteiger partial charge < -0.3 is 15.5 Å². The number of halogens is 2. The second kappa shape index (κ2) is 8.94. The van der Waals surface area contributed by atoms with Gasteiger partial charge in [0.05, 0.1) is 12.1 Å². The van der Waals surface area contributed by atoms with E-state index >= 15 is 0 Å². The van der Waals surface area contributed by atoms with E-state index in [1.54, 1.807) is 12.1 Å². The highest BCUT2D eigenvalue weighted by Crippen LogP contribution is 2.17. The monoisotopic (exact) mass is 361 g/mol. The second-order valence-corrected chi connectivity index (χ2v) is 5.57. The van der Waals surface area contributed by atoms with Gasteiger partial charge >= 0.3 is 0 Å². The Balaban J connectivity index is 1.89. The van der Waals surface area contributed by atoms with E-state index in [0.717, 1.165) is 30.9 Å². The van der Waals surface area contributed by atoms with E-state index in [1.807, 2.05) is 12.1 Å². The van der Waals surface area contributed by atoms with Crippen molar-refractivity contribution >= 4 is 23.2 Å². The fourth-order valence-corrected chi connectivity index (χ4v) is 2.48. The maximum Gasteiger partial charge on any atom is 0.254 e. The molecule has 0 saturated carbocycles. The minimum Gasteiger partial charge on any atom is -0.372 e. The lowest BCUT2D eigenvalue weighted by atomic mass is 10.2. The van der Waals surface area contributed by atoms with Gasteiger partial charge in [0, 0.05) is 30.5 Å². The lowest BCUT2D eigenvalue weighted by Crippen LogP contribution is -2.33. The van der Waals surface area contributed by atoms with Crippen LogP contribution in [0, 0.1) is 11.6 Å². The van der Waals surface area contributed by atoms with E-state index in [9.17, 15) is 18.4 Å². The zero-order chi connectivity index (χ0) is 19.1. The first-order chi connectivity index (χ1) is 12.4. The van der Waals surface area contributed by atoms with Crippen LogP contribution in [0.2, 0.25) is 0 Å². The number of carbonyl (C=O) groups excluding carboxylic acids is 2. The first kappa shape index (κ1) is 19.4. The zero-order valence-electron chi connectivity index (χ0n) is 14.7. The summed E-state index contributed by atoms with van der Waals surface area (Å²) >= 11 is 0. The Labute approximate surface area is 151 Å². The summed E-state index contributed by atoms with van der Waals surface area (Å²) in [6.07, 6.45) is 0. The number of nitrogens with one attached hydrogen (secondary N) is 2. The summed E-state index contributed by atoms with van der Waals surface area (Å²) in [5.41, 5.74) is 1.32. The molecule has 2 N–H and O–H groups in total. The quantitative estimate of drug-likeness (QED) is 0.796. The number of hydrogen-bond donors (Lipinski definition) is 2. The van der Waals surface area contributed by atoms with Crippen LogP contribution >= 0.6 is 0 Å². The molecule has 0 bridgehead atoms. The summed E-state index contributed by atoms with van der Waals surface area (Å²) in [6.45, 7) is 5.56. The summed E-state index contributed by atoms with van der Waals surface area (Å²) in [5, 5.41) is 4.95. The summed E-state index contributed by atoms with van der Waals surface area (Å²) < 4.78 is 26.4. The van der Waals surface area contributed by atoms with E-state index in [0.29, 0.717) is 11.8 Å². The molecular weight excluding hydrogens is 340 g/mol. The molecule has 0 atom stereocenters. The maximum absolute atomic E-state index is 13.5. The van der Waals surface area contributed by atoms with Gasteiger partial charge in [0.15, 0.2) is 0 Å². The molecule has 0 spiro atoms. The molecule has 2 aromatic carbocycles. The van der Waals surface area contributed by atoms with Crippen LogP contribution in [0.4, 0.5) is 20.2 Å². The van der Waals surface area contributed by atoms with Crippen molar-refractivity contribution in [2.45, 2.75) is 13.8 Å². The number of hydrogen-bond acceptors (Lipinski definition) is 3. The largest absolute Gasteiger partial charge is 0.372 e. The third kappa shape index (κ3) is 5.02. The standard InChI is InChI=1S/C19H21F2N3O2/c1-3-24(4-2)15-8-6-14(7-9-15)23-18(25)12-22-19(26)16-10-5-13(20)11-17(16)21/h5-11H,3-4,12H2,1-2H3,(H,22,26)(H,23,25). The molecular formula is C19H21F2N3O2. The Morgan fingerprint density at radius 2 is 1.65 bits per heavy atom. The Morgan fingerprint density at radius 1 is 1.00 bits per heavy atom. The molecule has 0 saturated heterocycles. The summed E-state index contributed by atoms with van der Waals surface area (Å²) in [6, 6.07) is 9.97. The van der Waals surface area contributed by atoms with Gasteiger partial charge in [-0.05, 0) is 50.2 Å². The molecule has 0 heterocycles. The topological polar surface area (TPSA) is 61.4 Å². The Hall–Kier alpha value is -2.96. The van der Waals surface area contributed by atoms with Crippen LogP contribution < -0.4 is 15.5 Å². The van der Waals surface area contributed by atoms with Crippen molar-refractivity contribution in [3.8, 4) is 0 Å². The first-order valence-corrected chi connectivity index (χ1v) is 8.32.